The van der Waals surface area contributed by atoms with Crippen LogP contribution in [0.2, 0.25) is 0 Å². The Morgan fingerprint density at radius 2 is 1.59 bits per heavy atom. The van der Waals surface area contributed by atoms with Gasteiger partial charge in [-0.05, 0) is 54.6 Å². The predicted molar refractivity (Wildman–Crippen MR) is 121 cm³/mol. The summed E-state index contributed by atoms with van der Waals surface area (Å²) in [5, 5.41) is 11.9. The summed E-state index contributed by atoms with van der Waals surface area (Å²) in [7, 11) is -1.98. The standard InChI is InChI=1S/C20H14Br2N2O4S/c21-13-4-7-15(8-5-13)24-29(28)16-3-1-2-12(10-16)19(25)23-18-9-6-14(22)11-17(18)20(26)27/h1-11H,(H,23,25)(H,24,28)(H,26,27)/p+1. The van der Waals surface area contributed by atoms with Crippen molar-refractivity contribution < 1.29 is 18.9 Å². The Balaban J connectivity index is 1.78. The highest BCUT2D eigenvalue weighted by molar-refractivity contribution is 9.10. The lowest BCUT2D eigenvalue weighted by Gasteiger charge is -2.09. The molecule has 0 saturated heterocycles. The lowest BCUT2D eigenvalue weighted by molar-refractivity contribution is 0.0698. The Kier molecular flexibility index (Phi) is 6.83. The van der Waals surface area contributed by atoms with E-state index < -0.39 is 22.9 Å². The Morgan fingerprint density at radius 3 is 2.28 bits per heavy atom. The molecular weight excluding hydrogens is 524 g/mol. The number of anilines is 2. The van der Waals surface area contributed by atoms with E-state index in [-0.39, 0.29) is 16.8 Å². The van der Waals surface area contributed by atoms with Crippen LogP contribution < -0.4 is 10.0 Å². The molecule has 0 aliphatic heterocycles. The summed E-state index contributed by atoms with van der Waals surface area (Å²) in [4.78, 5) is 24.5. The number of hydrogen-bond donors (Lipinski definition) is 3. The van der Waals surface area contributed by atoms with Crippen molar-refractivity contribution in [3.8, 4) is 0 Å². The number of hydrogen-bond acceptors (Lipinski definition) is 3. The maximum atomic E-state index is 12.6. The number of carboxylic acids is 1. The minimum absolute atomic E-state index is 0.0353. The lowest BCUT2D eigenvalue weighted by Crippen LogP contribution is -2.15. The largest absolute Gasteiger partial charge is 0.478 e. The Morgan fingerprint density at radius 1 is 0.897 bits per heavy atom. The van der Waals surface area contributed by atoms with E-state index in [1.165, 1.54) is 18.2 Å². The molecule has 1 atom stereocenters. The molecule has 3 aromatic rings. The highest BCUT2D eigenvalue weighted by Crippen LogP contribution is 2.22. The Labute approximate surface area is 186 Å². The number of benzene rings is 3. The van der Waals surface area contributed by atoms with Gasteiger partial charge in [-0.1, -0.05) is 42.1 Å². The first kappa shape index (κ1) is 21.2. The van der Waals surface area contributed by atoms with Crippen molar-refractivity contribution in [3.05, 3.63) is 86.8 Å². The highest BCUT2D eigenvalue weighted by Gasteiger charge is 2.17. The van der Waals surface area contributed by atoms with Crippen LogP contribution >= 0.6 is 31.9 Å². The number of nitrogens with one attached hydrogen (secondary N) is 2. The van der Waals surface area contributed by atoms with E-state index in [1.54, 1.807) is 36.4 Å². The molecule has 0 saturated carbocycles. The molecule has 0 bridgehead atoms. The highest BCUT2D eigenvalue weighted by atomic mass is 79.9. The maximum absolute atomic E-state index is 12.6. The van der Waals surface area contributed by atoms with E-state index in [2.05, 4.69) is 41.9 Å². The van der Waals surface area contributed by atoms with Crippen molar-refractivity contribution >= 4 is 66.1 Å². The monoisotopic (exact) mass is 537 g/mol. The number of halogens is 2. The SMILES string of the molecule is O=C(Nc1ccc(Br)cc1C(=O)O)c1cccc([SH+](=O)Nc2ccc(Br)cc2)c1. The van der Waals surface area contributed by atoms with Crippen molar-refractivity contribution in [1.82, 2.24) is 0 Å². The number of aromatic carboxylic acids is 1. The summed E-state index contributed by atoms with van der Waals surface area (Å²) in [6.07, 6.45) is 0. The van der Waals surface area contributed by atoms with Gasteiger partial charge in [-0.2, -0.15) is 0 Å². The molecule has 0 spiro atoms. The van der Waals surface area contributed by atoms with Crippen LogP contribution in [0.5, 0.6) is 0 Å². The zero-order valence-electron chi connectivity index (χ0n) is 14.7. The van der Waals surface area contributed by atoms with Gasteiger partial charge in [-0.3, -0.25) is 4.79 Å². The third-order valence-electron chi connectivity index (χ3n) is 3.88. The van der Waals surface area contributed by atoms with Gasteiger partial charge < -0.3 is 10.4 Å². The van der Waals surface area contributed by atoms with Crippen molar-refractivity contribution in [2.75, 3.05) is 10.0 Å². The smallest absolute Gasteiger partial charge is 0.337 e. The number of rotatable bonds is 6. The van der Waals surface area contributed by atoms with Crippen LogP contribution in [0.3, 0.4) is 0 Å². The quantitative estimate of drug-likeness (QED) is 0.295. The summed E-state index contributed by atoms with van der Waals surface area (Å²) in [5.41, 5.74) is 1.09. The molecular formula is C20H15Br2N2O4S+. The molecule has 6 nitrogen and oxygen atoms in total. The molecule has 1 unspecified atom stereocenters. The van der Waals surface area contributed by atoms with Gasteiger partial charge in [0.25, 0.3) is 5.91 Å². The zero-order valence-corrected chi connectivity index (χ0v) is 18.8. The molecule has 0 aromatic heterocycles. The normalized spacial score (nSPS) is 11.5. The van der Waals surface area contributed by atoms with E-state index >= 15 is 0 Å². The molecule has 148 valence electrons. The van der Waals surface area contributed by atoms with Gasteiger partial charge in [0.05, 0.1) is 16.9 Å². The van der Waals surface area contributed by atoms with Crippen LogP contribution in [0.1, 0.15) is 20.7 Å². The van der Waals surface area contributed by atoms with Crippen molar-refractivity contribution in [1.29, 1.82) is 0 Å². The van der Waals surface area contributed by atoms with E-state index in [4.69, 9.17) is 0 Å². The van der Waals surface area contributed by atoms with Crippen LogP contribution in [0.15, 0.2) is 80.6 Å². The molecule has 0 aliphatic rings. The Hall–Kier alpha value is -2.49. The first-order chi connectivity index (χ1) is 13.8. The second kappa shape index (κ2) is 9.34. The average Bonchev–Trinajstić information content (AvgIpc) is 2.71. The molecule has 0 aliphatic carbocycles. The number of carbonyl (C=O) groups excluding carboxylic acids is 1. The van der Waals surface area contributed by atoms with Crippen molar-refractivity contribution in [2.45, 2.75) is 4.90 Å². The summed E-state index contributed by atoms with van der Waals surface area (Å²) < 4.78 is 17.0. The first-order valence-corrected chi connectivity index (χ1v) is 11.1. The first-order valence-electron chi connectivity index (χ1n) is 8.27. The summed E-state index contributed by atoms with van der Waals surface area (Å²) in [5.74, 6) is -1.65. The van der Waals surface area contributed by atoms with Crippen LogP contribution in [-0.2, 0) is 15.2 Å². The van der Waals surface area contributed by atoms with E-state index in [0.29, 0.717) is 15.1 Å². The fourth-order valence-electron chi connectivity index (χ4n) is 2.48. The molecule has 9 heteroatoms. The summed E-state index contributed by atoms with van der Waals surface area (Å²) >= 11 is 6.56. The van der Waals surface area contributed by atoms with Crippen LogP contribution in [0, 0.1) is 0 Å². The van der Waals surface area contributed by atoms with Gasteiger partial charge in [0.2, 0.25) is 0 Å². The molecule has 0 radical (unpaired) electrons. The number of carboxylic acid groups (broad SMARTS) is 1. The number of thiol groups is 1. The molecule has 1 amide bonds. The summed E-state index contributed by atoms with van der Waals surface area (Å²) in [6.45, 7) is 0. The zero-order chi connectivity index (χ0) is 21.0. The third-order valence-corrected chi connectivity index (χ3v) is 6.11. The van der Waals surface area contributed by atoms with Crippen LogP contribution in [0.25, 0.3) is 0 Å². The van der Waals surface area contributed by atoms with Crippen LogP contribution in [0.4, 0.5) is 11.4 Å². The van der Waals surface area contributed by atoms with Gasteiger partial charge in [0, 0.05) is 20.6 Å². The molecule has 3 aromatic carbocycles. The fraction of sp³-hybridized carbons (Fsp3) is 0. The average molecular weight is 539 g/mol. The molecule has 29 heavy (non-hydrogen) atoms. The van der Waals surface area contributed by atoms with Crippen molar-refractivity contribution in [3.63, 3.8) is 0 Å². The number of amides is 1. The van der Waals surface area contributed by atoms with Gasteiger partial charge >= 0.3 is 5.97 Å². The second-order valence-corrected chi connectivity index (χ2v) is 9.07. The predicted octanol–water partition coefficient (Wildman–Crippen LogP) is 5.24. The Bertz CT molecular complexity index is 1100. The van der Waals surface area contributed by atoms with Crippen molar-refractivity contribution in [2.24, 2.45) is 0 Å². The molecule has 3 N–H and O–H groups in total. The van der Waals surface area contributed by atoms with E-state index in [9.17, 15) is 18.9 Å². The van der Waals surface area contributed by atoms with Crippen LogP contribution in [-0.4, -0.2) is 17.0 Å². The van der Waals surface area contributed by atoms with Gasteiger partial charge in [0.15, 0.2) is 15.9 Å². The molecule has 3 rings (SSSR count). The van der Waals surface area contributed by atoms with E-state index in [0.717, 1.165) is 4.47 Å². The van der Waals surface area contributed by atoms with E-state index in [1.807, 2.05) is 12.1 Å². The summed E-state index contributed by atoms with van der Waals surface area (Å²) in [6, 6.07) is 18.1. The fourth-order valence-corrected chi connectivity index (χ4v) is 4.09. The third kappa shape index (κ3) is 5.53. The topological polar surface area (TPSA) is 95.5 Å². The lowest BCUT2D eigenvalue weighted by atomic mass is 10.1. The maximum Gasteiger partial charge on any atom is 0.337 e. The van der Waals surface area contributed by atoms with Gasteiger partial charge in [0.1, 0.15) is 0 Å². The minimum Gasteiger partial charge on any atom is -0.478 e. The van der Waals surface area contributed by atoms with Gasteiger partial charge in [-0.15, -0.1) is 0 Å². The minimum atomic E-state index is -1.98. The molecule has 0 heterocycles. The van der Waals surface area contributed by atoms with Gasteiger partial charge in [-0.25, -0.2) is 9.52 Å². The molecule has 0 fully saturated rings. The number of carbonyl (C=O) groups is 2. The second-order valence-electron chi connectivity index (χ2n) is 5.91.